The lowest BCUT2D eigenvalue weighted by Crippen LogP contribution is -2.36. The number of anilines is 2. The molecule has 0 aliphatic carbocycles. The van der Waals surface area contributed by atoms with Gasteiger partial charge in [-0.25, -0.2) is 22.0 Å². The van der Waals surface area contributed by atoms with Crippen molar-refractivity contribution in [1.82, 2.24) is 4.47 Å². The molecule has 178 valence electrons. The second-order valence-electron chi connectivity index (χ2n) is 7.50. The number of aliphatic hydroxyl groups excluding tert-OH is 1. The van der Waals surface area contributed by atoms with Crippen LogP contribution in [-0.4, -0.2) is 81.1 Å². The summed E-state index contributed by atoms with van der Waals surface area (Å²) in [6, 6.07) is 2.03. The predicted octanol–water partition coefficient (Wildman–Crippen LogP) is 1.03. The fraction of sp³-hybridized carbons (Fsp3) is 0.579. The van der Waals surface area contributed by atoms with Crippen LogP contribution in [0.5, 0.6) is 0 Å². The van der Waals surface area contributed by atoms with Crippen molar-refractivity contribution < 1.29 is 41.5 Å². The minimum atomic E-state index is -3.85. The van der Waals surface area contributed by atoms with E-state index >= 15 is 0 Å². The lowest BCUT2D eigenvalue weighted by Gasteiger charge is -2.24. The summed E-state index contributed by atoms with van der Waals surface area (Å²) in [7, 11) is -3.85. The maximum absolute atomic E-state index is 14.9. The summed E-state index contributed by atoms with van der Waals surface area (Å²) in [6.07, 6.45) is -0.746. The molecule has 2 fully saturated rings. The number of carbonyl (C=O) groups is 2. The van der Waals surface area contributed by atoms with Gasteiger partial charge in [0.25, 0.3) is 0 Å². The number of nitrogens with zero attached hydrogens (tertiary/aromatic N) is 3. The Balaban J connectivity index is 1.74. The van der Waals surface area contributed by atoms with Gasteiger partial charge in [-0.05, 0) is 13.3 Å². The Labute approximate surface area is 184 Å². The number of aliphatic hydroxyl groups is 1. The van der Waals surface area contributed by atoms with Crippen LogP contribution in [0.3, 0.4) is 0 Å². The van der Waals surface area contributed by atoms with Crippen molar-refractivity contribution in [2.45, 2.75) is 25.9 Å². The number of rotatable bonds is 8. The molecule has 1 aromatic rings. The number of cyclic esters (lactones) is 1. The molecule has 2 aliphatic rings. The van der Waals surface area contributed by atoms with E-state index in [-0.39, 0.29) is 56.4 Å². The first-order valence-electron chi connectivity index (χ1n) is 10.1. The van der Waals surface area contributed by atoms with Gasteiger partial charge in [0.15, 0.2) is 11.6 Å². The Hall–Kier alpha value is -2.35. The zero-order chi connectivity index (χ0) is 23.5. The summed E-state index contributed by atoms with van der Waals surface area (Å²) in [4.78, 5) is 30.9. The highest BCUT2D eigenvalue weighted by atomic mass is 32.2. The van der Waals surface area contributed by atoms with E-state index in [1.165, 1.54) is 11.8 Å². The molecule has 1 atom stereocenters. The van der Waals surface area contributed by atoms with Crippen LogP contribution in [-0.2, 0) is 24.4 Å². The molecule has 1 N–H and O–H groups in total. The normalized spacial score (nSPS) is 20.4. The summed E-state index contributed by atoms with van der Waals surface area (Å²) < 4.78 is 59.8. The molecule has 2 saturated heterocycles. The Bertz CT molecular complexity index is 953. The summed E-state index contributed by atoms with van der Waals surface area (Å²) in [5.74, 6) is -2.42. The quantitative estimate of drug-likeness (QED) is 0.590. The van der Waals surface area contributed by atoms with Crippen LogP contribution in [0.1, 0.15) is 19.8 Å². The van der Waals surface area contributed by atoms with Crippen LogP contribution in [0.15, 0.2) is 12.1 Å². The SMILES string of the molecule is CC(=O)CC[C@H]1CN(c2cc(F)c(N3CCON(S(=O)(=O)CCO)CC3)c(F)c2)C(=O)O1. The molecule has 0 saturated carbocycles. The minimum absolute atomic E-state index is 0.0164. The minimum Gasteiger partial charge on any atom is -0.444 e. The Kier molecular flexibility index (Phi) is 7.64. The van der Waals surface area contributed by atoms with Crippen molar-refractivity contribution in [2.24, 2.45) is 0 Å². The Morgan fingerprint density at radius 2 is 1.91 bits per heavy atom. The van der Waals surface area contributed by atoms with Crippen molar-refractivity contribution in [1.29, 1.82) is 0 Å². The average molecular weight is 477 g/mol. The van der Waals surface area contributed by atoms with Crippen molar-refractivity contribution in [2.75, 3.05) is 54.9 Å². The molecule has 3 rings (SSSR count). The van der Waals surface area contributed by atoms with Gasteiger partial charge in [0.1, 0.15) is 17.6 Å². The maximum Gasteiger partial charge on any atom is 0.414 e. The highest BCUT2D eigenvalue weighted by molar-refractivity contribution is 7.88. The molecule has 32 heavy (non-hydrogen) atoms. The monoisotopic (exact) mass is 477 g/mol. The predicted molar refractivity (Wildman–Crippen MR) is 110 cm³/mol. The lowest BCUT2D eigenvalue weighted by atomic mass is 10.1. The summed E-state index contributed by atoms with van der Waals surface area (Å²) in [6.45, 7) is 0.576. The molecule has 0 bridgehead atoms. The number of hydrogen-bond donors (Lipinski definition) is 1. The number of carbonyl (C=O) groups excluding carboxylic acids is 2. The molecule has 2 aliphatic heterocycles. The number of Topliss-reactive ketones (excluding diaryl/α,β-unsaturated/α-hetero) is 1. The summed E-state index contributed by atoms with van der Waals surface area (Å²) in [5, 5.41) is 8.89. The molecule has 0 aromatic heterocycles. The largest absolute Gasteiger partial charge is 0.444 e. The van der Waals surface area contributed by atoms with Gasteiger partial charge in [0.05, 0.1) is 37.7 Å². The topological polar surface area (TPSA) is 117 Å². The van der Waals surface area contributed by atoms with Crippen LogP contribution in [0, 0.1) is 11.6 Å². The number of benzene rings is 1. The highest BCUT2D eigenvalue weighted by Crippen LogP contribution is 2.32. The molecule has 2 heterocycles. The van der Waals surface area contributed by atoms with Crippen molar-refractivity contribution in [3.8, 4) is 0 Å². The smallest absolute Gasteiger partial charge is 0.414 e. The molecular weight excluding hydrogens is 452 g/mol. The van der Waals surface area contributed by atoms with Crippen molar-refractivity contribution in [3.63, 3.8) is 0 Å². The van der Waals surface area contributed by atoms with Gasteiger partial charge < -0.3 is 19.5 Å². The van der Waals surface area contributed by atoms with Crippen LogP contribution in [0.25, 0.3) is 0 Å². The van der Waals surface area contributed by atoms with E-state index in [9.17, 15) is 26.8 Å². The third-order valence-electron chi connectivity index (χ3n) is 5.13. The Morgan fingerprint density at radius 1 is 1.22 bits per heavy atom. The number of halogens is 2. The first-order chi connectivity index (χ1) is 15.1. The van der Waals surface area contributed by atoms with E-state index in [1.807, 2.05) is 0 Å². The number of ether oxygens (including phenoxy) is 1. The van der Waals surface area contributed by atoms with E-state index in [2.05, 4.69) is 0 Å². The zero-order valence-electron chi connectivity index (χ0n) is 17.5. The third kappa shape index (κ3) is 5.52. The van der Waals surface area contributed by atoms with Gasteiger partial charge in [0.2, 0.25) is 10.0 Å². The van der Waals surface area contributed by atoms with Crippen molar-refractivity contribution in [3.05, 3.63) is 23.8 Å². The van der Waals surface area contributed by atoms with E-state index in [0.717, 1.165) is 21.5 Å². The zero-order valence-corrected chi connectivity index (χ0v) is 18.3. The van der Waals surface area contributed by atoms with Crippen LogP contribution in [0.2, 0.25) is 0 Å². The molecule has 1 amide bonds. The molecule has 0 spiro atoms. The molecule has 10 nitrogen and oxygen atoms in total. The summed E-state index contributed by atoms with van der Waals surface area (Å²) >= 11 is 0. The van der Waals surface area contributed by atoms with Crippen LogP contribution < -0.4 is 9.80 Å². The number of sulfonamides is 1. The standard InChI is InChI=1S/C19H25F2N3O7S/c1-13(26)2-3-15-12-23(19(27)31-15)14-10-16(20)18(17(21)11-14)22-4-5-24(30-8-6-22)32(28,29)9-7-25/h10-11,15,25H,2-9,12H2,1H3/t15-/m0/s1. The van der Waals surface area contributed by atoms with Crippen LogP contribution >= 0.6 is 0 Å². The fourth-order valence-corrected chi connectivity index (χ4v) is 4.58. The first-order valence-corrected chi connectivity index (χ1v) is 11.7. The maximum atomic E-state index is 14.9. The molecular formula is C19H25F2N3O7S. The van der Waals surface area contributed by atoms with Crippen LogP contribution in [0.4, 0.5) is 25.0 Å². The third-order valence-corrected chi connectivity index (χ3v) is 6.74. The Morgan fingerprint density at radius 3 is 2.53 bits per heavy atom. The van der Waals surface area contributed by atoms with Gasteiger partial charge in [0, 0.05) is 31.6 Å². The van der Waals surface area contributed by atoms with E-state index in [0.29, 0.717) is 6.42 Å². The number of amides is 1. The molecule has 13 heteroatoms. The van der Waals surface area contributed by atoms with E-state index < -0.39 is 46.2 Å². The van der Waals surface area contributed by atoms with E-state index in [1.54, 1.807) is 0 Å². The molecule has 0 unspecified atom stereocenters. The molecule has 1 aromatic carbocycles. The van der Waals surface area contributed by atoms with E-state index in [4.69, 9.17) is 14.7 Å². The average Bonchev–Trinajstić information content (AvgIpc) is 2.91. The number of hydrogen-bond acceptors (Lipinski definition) is 8. The first kappa shape index (κ1) is 24.3. The molecule has 0 radical (unpaired) electrons. The highest BCUT2D eigenvalue weighted by Gasteiger charge is 2.34. The van der Waals surface area contributed by atoms with Crippen molar-refractivity contribution >= 4 is 33.3 Å². The second kappa shape index (κ2) is 10.1. The van der Waals surface area contributed by atoms with Gasteiger partial charge in [-0.2, -0.15) is 0 Å². The number of hydroxylamine groups is 1. The number of ketones is 1. The fourth-order valence-electron chi connectivity index (χ4n) is 3.55. The summed E-state index contributed by atoms with van der Waals surface area (Å²) in [5.41, 5.74) is -0.378. The van der Waals surface area contributed by atoms with Gasteiger partial charge in [-0.15, -0.1) is 0 Å². The lowest BCUT2D eigenvalue weighted by molar-refractivity contribution is -0.117. The van der Waals surface area contributed by atoms with Gasteiger partial charge >= 0.3 is 6.09 Å². The van der Waals surface area contributed by atoms with Gasteiger partial charge in [-0.3, -0.25) is 9.74 Å². The second-order valence-corrected chi connectivity index (χ2v) is 9.48. The van der Waals surface area contributed by atoms with Gasteiger partial charge in [-0.1, -0.05) is 4.47 Å².